The molecule has 1 aromatic carbocycles. The summed E-state index contributed by atoms with van der Waals surface area (Å²) >= 11 is 1.69. The summed E-state index contributed by atoms with van der Waals surface area (Å²) < 4.78 is 5.55. The fraction of sp³-hybridized carbons (Fsp3) is 0.450. The monoisotopic (exact) mass is 341 g/mol. The standard InChI is InChI=1S/C20H23NO2S/c22-20(17-7-3-11-23-17)21-19(18-8-4-12-24-18)16-10-9-14-5-1-2-6-15(14)13-16/h4,8-10,12-13,17,19H,1-3,5-7,11H2,(H,21,22). The van der Waals surface area contributed by atoms with Crippen LogP contribution in [0.25, 0.3) is 0 Å². The summed E-state index contributed by atoms with van der Waals surface area (Å²) in [6.45, 7) is 0.695. The van der Waals surface area contributed by atoms with E-state index in [0.717, 1.165) is 19.3 Å². The van der Waals surface area contributed by atoms with Gasteiger partial charge >= 0.3 is 0 Å². The van der Waals surface area contributed by atoms with Crippen molar-refractivity contribution in [3.05, 3.63) is 57.3 Å². The predicted octanol–water partition coefficient (Wildman–Crippen LogP) is 4.01. The summed E-state index contributed by atoms with van der Waals surface area (Å²) in [4.78, 5) is 13.8. The van der Waals surface area contributed by atoms with Crippen LogP contribution in [0.3, 0.4) is 0 Å². The SMILES string of the molecule is O=C(NC(c1ccc2c(c1)CCCC2)c1cccs1)C1CCCO1. The van der Waals surface area contributed by atoms with Crippen LogP contribution in [-0.4, -0.2) is 18.6 Å². The van der Waals surface area contributed by atoms with Crippen molar-refractivity contribution in [1.29, 1.82) is 0 Å². The van der Waals surface area contributed by atoms with Crippen LogP contribution in [0.1, 0.15) is 53.3 Å². The van der Waals surface area contributed by atoms with E-state index in [9.17, 15) is 4.79 Å². The second-order valence-corrected chi connectivity index (χ2v) is 7.67. The van der Waals surface area contributed by atoms with Crippen LogP contribution in [0.5, 0.6) is 0 Å². The minimum atomic E-state index is -0.287. The van der Waals surface area contributed by atoms with Crippen LogP contribution in [0, 0.1) is 0 Å². The predicted molar refractivity (Wildman–Crippen MR) is 96.4 cm³/mol. The summed E-state index contributed by atoms with van der Waals surface area (Å²) in [6.07, 6.45) is 6.40. The van der Waals surface area contributed by atoms with Gasteiger partial charge < -0.3 is 10.1 Å². The molecule has 4 heteroatoms. The molecule has 24 heavy (non-hydrogen) atoms. The highest BCUT2D eigenvalue weighted by molar-refractivity contribution is 7.10. The van der Waals surface area contributed by atoms with Crippen LogP contribution in [0.2, 0.25) is 0 Å². The van der Waals surface area contributed by atoms with Crippen LogP contribution in [0.4, 0.5) is 0 Å². The number of carbonyl (C=O) groups excluding carboxylic acids is 1. The van der Waals surface area contributed by atoms with E-state index in [1.54, 1.807) is 11.3 Å². The van der Waals surface area contributed by atoms with Gasteiger partial charge in [-0.05, 0) is 66.7 Å². The molecule has 0 bridgehead atoms. The number of hydrogen-bond acceptors (Lipinski definition) is 3. The lowest BCUT2D eigenvalue weighted by Gasteiger charge is -2.23. The Balaban J connectivity index is 1.62. The highest BCUT2D eigenvalue weighted by Gasteiger charge is 2.27. The molecule has 3 nitrogen and oxygen atoms in total. The molecule has 1 aliphatic carbocycles. The van der Waals surface area contributed by atoms with Gasteiger partial charge in [0.2, 0.25) is 5.91 Å². The summed E-state index contributed by atoms with van der Waals surface area (Å²) in [6, 6.07) is 10.8. The minimum Gasteiger partial charge on any atom is -0.368 e. The van der Waals surface area contributed by atoms with Gasteiger partial charge in [-0.15, -0.1) is 11.3 Å². The normalized spacial score (nSPS) is 21.2. The zero-order valence-corrected chi connectivity index (χ0v) is 14.6. The fourth-order valence-corrected chi connectivity index (χ4v) is 4.53. The topological polar surface area (TPSA) is 38.3 Å². The zero-order valence-electron chi connectivity index (χ0n) is 13.8. The number of ether oxygens (including phenoxy) is 1. The van der Waals surface area contributed by atoms with E-state index in [1.807, 2.05) is 6.07 Å². The van der Waals surface area contributed by atoms with E-state index in [-0.39, 0.29) is 18.1 Å². The van der Waals surface area contributed by atoms with Crippen molar-refractivity contribution in [2.45, 2.75) is 50.7 Å². The molecule has 2 aromatic rings. The molecule has 1 aromatic heterocycles. The molecular weight excluding hydrogens is 318 g/mol. The van der Waals surface area contributed by atoms with Gasteiger partial charge in [0.1, 0.15) is 6.10 Å². The summed E-state index contributed by atoms with van der Waals surface area (Å²) in [5.74, 6) is 0.0172. The molecule has 4 rings (SSSR count). The van der Waals surface area contributed by atoms with E-state index in [2.05, 4.69) is 35.0 Å². The van der Waals surface area contributed by atoms with Crippen molar-refractivity contribution in [2.24, 2.45) is 0 Å². The van der Waals surface area contributed by atoms with Crippen LogP contribution >= 0.6 is 11.3 Å². The molecular formula is C20H23NO2S. The smallest absolute Gasteiger partial charge is 0.249 e. The highest BCUT2D eigenvalue weighted by Crippen LogP contribution is 2.30. The van der Waals surface area contributed by atoms with E-state index < -0.39 is 0 Å². The molecule has 1 fully saturated rings. The second kappa shape index (κ2) is 7.08. The first-order chi connectivity index (χ1) is 11.8. The number of fused-ring (bicyclic) bond motifs is 1. The maximum atomic E-state index is 12.6. The maximum Gasteiger partial charge on any atom is 0.249 e. The number of nitrogens with one attached hydrogen (secondary N) is 1. The number of hydrogen-bond donors (Lipinski definition) is 1. The fourth-order valence-electron chi connectivity index (χ4n) is 3.73. The molecule has 0 saturated carbocycles. The summed E-state index contributed by atoms with van der Waals surface area (Å²) in [5.41, 5.74) is 4.11. The van der Waals surface area contributed by atoms with E-state index in [4.69, 9.17) is 4.74 Å². The third kappa shape index (κ3) is 3.26. The van der Waals surface area contributed by atoms with E-state index in [0.29, 0.717) is 6.61 Å². The summed E-state index contributed by atoms with van der Waals surface area (Å²) in [5, 5.41) is 5.30. The highest BCUT2D eigenvalue weighted by atomic mass is 32.1. The van der Waals surface area contributed by atoms with Crippen molar-refractivity contribution in [2.75, 3.05) is 6.61 Å². The molecule has 2 atom stereocenters. The number of benzene rings is 1. The van der Waals surface area contributed by atoms with Crippen molar-refractivity contribution in [3.63, 3.8) is 0 Å². The molecule has 2 heterocycles. The molecule has 2 unspecified atom stereocenters. The first kappa shape index (κ1) is 15.9. The third-order valence-electron chi connectivity index (χ3n) is 5.04. The average molecular weight is 341 g/mol. The molecule has 1 saturated heterocycles. The largest absolute Gasteiger partial charge is 0.368 e. The molecule has 1 N–H and O–H groups in total. The number of aryl methyl sites for hydroxylation is 2. The van der Waals surface area contributed by atoms with E-state index in [1.165, 1.54) is 40.8 Å². The Morgan fingerprint density at radius 1 is 1.17 bits per heavy atom. The van der Waals surface area contributed by atoms with Crippen molar-refractivity contribution in [1.82, 2.24) is 5.32 Å². The van der Waals surface area contributed by atoms with Gasteiger partial charge in [-0.2, -0.15) is 0 Å². The number of rotatable bonds is 4. The minimum absolute atomic E-state index is 0.0172. The van der Waals surface area contributed by atoms with Crippen molar-refractivity contribution < 1.29 is 9.53 Å². The Bertz CT molecular complexity index is 704. The Labute approximate surface area is 147 Å². The number of amides is 1. The van der Waals surface area contributed by atoms with Gasteiger partial charge in [-0.1, -0.05) is 24.3 Å². The first-order valence-electron chi connectivity index (χ1n) is 8.88. The van der Waals surface area contributed by atoms with Gasteiger partial charge in [-0.25, -0.2) is 0 Å². The Morgan fingerprint density at radius 3 is 2.79 bits per heavy atom. The molecule has 0 radical (unpaired) electrons. The van der Waals surface area contributed by atoms with Gasteiger partial charge in [0.05, 0.1) is 6.04 Å². The zero-order chi connectivity index (χ0) is 16.4. The Morgan fingerprint density at radius 2 is 2.04 bits per heavy atom. The molecule has 2 aliphatic rings. The Hall–Kier alpha value is -1.65. The van der Waals surface area contributed by atoms with Crippen LogP contribution in [-0.2, 0) is 22.4 Å². The maximum absolute atomic E-state index is 12.6. The molecule has 0 spiro atoms. The molecule has 1 aliphatic heterocycles. The number of thiophene rings is 1. The van der Waals surface area contributed by atoms with Gasteiger partial charge in [0.15, 0.2) is 0 Å². The molecule has 1 amide bonds. The number of carbonyl (C=O) groups is 1. The lowest BCUT2D eigenvalue weighted by atomic mass is 9.89. The summed E-state index contributed by atoms with van der Waals surface area (Å²) in [7, 11) is 0. The molecule has 126 valence electrons. The van der Waals surface area contributed by atoms with Crippen LogP contribution < -0.4 is 5.32 Å². The van der Waals surface area contributed by atoms with Crippen LogP contribution in [0.15, 0.2) is 35.7 Å². The lowest BCUT2D eigenvalue weighted by molar-refractivity contribution is -0.130. The Kier molecular flexibility index (Phi) is 4.67. The van der Waals surface area contributed by atoms with E-state index >= 15 is 0 Å². The first-order valence-corrected chi connectivity index (χ1v) is 9.76. The lowest BCUT2D eigenvalue weighted by Crippen LogP contribution is -2.37. The van der Waals surface area contributed by atoms with Gasteiger partial charge in [-0.3, -0.25) is 4.79 Å². The quantitative estimate of drug-likeness (QED) is 0.912. The van der Waals surface area contributed by atoms with Crippen molar-refractivity contribution in [3.8, 4) is 0 Å². The average Bonchev–Trinajstić information content (AvgIpc) is 3.32. The second-order valence-electron chi connectivity index (χ2n) is 6.69. The third-order valence-corrected chi connectivity index (χ3v) is 5.98. The van der Waals surface area contributed by atoms with Crippen molar-refractivity contribution >= 4 is 17.2 Å². The van der Waals surface area contributed by atoms with Gasteiger partial charge in [0, 0.05) is 11.5 Å². The van der Waals surface area contributed by atoms with Gasteiger partial charge in [0.25, 0.3) is 0 Å².